The lowest BCUT2D eigenvalue weighted by Gasteiger charge is -2.15. The Bertz CT molecular complexity index is 608. The van der Waals surface area contributed by atoms with Crippen molar-refractivity contribution in [2.75, 3.05) is 32.9 Å². The zero-order valence-electron chi connectivity index (χ0n) is 16.9. The second-order valence-corrected chi connectivity index (χ2v) is 7.86. The van der Waals surface area contributed by atoms with Gasteiger partial charge in [-0.25, -0.2) is 4.99 Å². The highest BCUT2D eigenvalue weighted by Crippen LogP contribution is 2.33. The first kappa shape index (κ1) is 20.0. The standard InChI is InChI=1S/C22H35N3O2/c1-3-23-22(24-11-4-5-18-7-8-18)25-14-20-9-6-17(2)13-21(20)27-16-19-10-12-26-15-19/h6,9,13,18-19H,3-5,7-8,10-12,14-16H2,1-2H3,(H2,23,24,25). The molecular formula is C22H35N3O2. The smallest absolute Gasteiger partial charge is 0.191 e. The molecule has 3 rings (SSSR count). The van der Waals surface area contributed by atoms with Crippen LogP contribution >= 0.6 is 0 Å². The van der Waals surface area contributed by atoms with Crippen LogP contribution in [-0.2, 0) is 11.3 Å². The number of aryl methyl sites for hydroxylation is 1. The number of benzene rings is 1. The van der Waals surface area contributed by atoms with Crippen molar-refractivity contribution in [1.82, 2.24) is 10.6 Å². The van der Waals surface area contributed by atoms with E-state index in [1.165, 1.54) is 31.2 Å². The van der Waals surface area contributed by atoms with E-state index in [0.29, 0.717) is 12.5 Å². The van der Waals surface area contributed by atoms with Crippen molar-refractivity contribution in [3.8, 4) is 5.75 Å². The maximum Gasteiger partial charge on any atom is 0.191 e. The summed E-state index contributed by atoms with van der Waals surface area (Å²) in [6.45, 7) is 9.07. The summed E-state index contributed by atoms with van der Waals surface area (Å²) in [6.07, 6.45) is 6.51. The highest BCUT2D eigenvalue weighted by atomic mass is 16.5. The van der Waals surface area contributed by atoms with E-state index >= 15 is 0 Å². The van der Waals surface area contributed by atoms with Gasteiger partial charge in [0, 0.05) is 31.2 Å². The molecule has 5 nitrogen and oxygen atoms in total. The number of guanidine groups is 1. The quantitative estimate of drug-likeness (QED) is 0.373. The first-order valence-electron chi connectivity index (χ1n) is 10.6. The SMILES string of the molecule is CCNC(=NCc1ccc(C)cc1OCC1CCOC1)NCCCC1CC1. The fourth-order valence-electron chi connectivity index (χ4n) is 3.36. The molecular weight excluding hydrogens is 338 g/mol. The molecule has 27 heavy (non-hydrogen) atoms. The van der Waals surface area contributed by atoms with Gasteiger partial charge in [-0.2, -0.15) is 0 Å². The number of hydrogen-bond donors (Lipinski definition) is 2. The second-order valence-electron chi connectivity index (χ2n) is 7.86. The van der Waals surface area contributed by atoms with E-state index in [9.17, 15) is 0 Å². The third-order valence-electron chi connectivity index (χ3n) is 5.25. The molecule has 1 aliphatic carbocycles. The van der Waals surface area contributed by atoms with Gasteiger partial charge in [0.05, 0.1) is 19.8 Å². The van der Waals surface area contributed by atoms with Gasteiger partial charge in [0.25, 0.3) is 0 Å². The van der Waals surface area contributed by atoms with Crippen LogP contribution < -0.4 is 15.4 Å². The number of nitrogens with zero attached hydrogens (tertiary/aromatic N) is 1. The predicted octanol–water partition coefficient (Wildman–Crippen LogP) is 3.66. The van der Waals surface area contributed by atoms with Crippen molar-refractivity contribution in [3.63, 3.8) is 0 Å². The minimum absolute atomic E-state index is 0.507. The minimum Gasteiger partial charge on any atom is -0.493 e. The zero-order chi connectivity index (χ0) is 18.9. The summed E-state index contributed by atoms with van der Waals surface area (Å²) in [5, 5.41) is 6.81. The molecule has 0 amide bonds. The fraction of sp³-hybridized carbons (Fsp3) is 0.682. The van der Waals surface area contributed by atoms with Gasteiger partial charge in [0.1, 0.15) is 5.75 Å². The number of rotatable bonds is 10. The van der Waals surface area contributed by atoms with Crippen molar-refractivity contribution in [2.45, 2.75) is 52.5 Å². The Balaban J connectivity index is 1.54. The third kappa shape index (κ3) is 7.06. The molecule has 2 fully saturated rings. The summed E-state index contributed by atoms with van der Waals surface area (Å²) < 4.78 is 11.6. The van der Waals surface area contributed by atoms with E-state index in [2.05, 4.69) is 42.7 Å². The molecule has 0 radical (unpaired) electrons. The third-order valence-corrected chi connectivity index (χ3v) is 5.25. The van der Waals surface area contributed by atoms with E-state index in [1.54, 1.807) is 0 Å². The molecule has 0 spiro atoms. The molecule has 2 aliphatic rings. The summed E-state index contributed by atoms with van der Waals surface area (Å²) in [5.74, 6) is 3.34. The van der Waals surface area contributed by atoms with Crippen molar-refractivity contribution in [1.29, 1.82) is 0 Å². The monoisotopic (exact) mass is 373 g/mol. The number of nitrogens with one attached hydrogen (secondary N) is 2. The molecule has 2 N–H and O–H groups in total. The first-order valence-corrected chi connectivity index (χ1v) is 10.6. The van der Waals surface area contributed by atoms with Crippen molar-refractivity contribution >= 4 is 5.96 Å². The molecule has 1 aromatic carbocycles. The van der Waals surface area contributed by atoms with E-state index in [4.69, 9.17) is 14.5 Å². The molecule has 1 aromatic rings. The molecule has 1 unspecified atom stereocenters. The lowest BCUT2D eigenvalue weighted by molar-refractivity contribution is 0.166. The van der Waals surface area contributed by atoms with Crippen LogP contribution in [0, 0.1) is 18.8 Å². The molecule has 1 heterocycles. The average molecular weight is 374 g/mol. The summed E-state index contributed by atoms with van der Waals surface area (Å²) in [4.78, 5) is 4.78. The Morgan fingerprint density at radius 3 is 2.85 bits per heavy atom. The molecule has 1 atom stereocenters. The molecule has 150 valence electrons. The van der Waals surface area contributed by atoms with Crippen LogP contribution in [0.15, 0.2) is 23.2 Å². The van der Waals surface area contributed by atoms with Crippen LogP contribution in [0.2, 0.25) is 0 Å². The van der Waals surface area contributed by atoms with Crippen LogP contribution in [0.5, 0.6) is 5.75 Å². The summed E-state index contributed by atoms with van der Waals surface area (Å²) in [7, 11) is 0. The Labute approximate surface area is 163 Å². The Kier molecular flexibility index (Phi) is 7.81. The Morgan fingerprint density at radius 1 is 1.22 bits per heavy atom. The largest absolute Gasteiger partial charge is 0.493 e. The average Bonchev–Trinajstić information content (AvgIpc) is 3.34. The molecule has 0 bridgehead atoms. The van der Waals surface area contributed by atoms with Crippen LogP contribution in [-0.4, -0.2) is 38.9 Å². The summed E-state index contributed by atoms with van der Waals surface area (Å²) in [6, 6.07) is 6.39. The van der Waals surface area contributed by atoms with Gasteiger partial charge in [-0.05, 0) is 50.7 Å². The highest BCUT2D eigenvalue weighted by Gasteiger charge is 2.20. The molecule has 0 aromatic heterocycles. The number of aliphatic imine (C=N–C) groups is 1. The van der Waals surface area contributed by atoms with Crippen LogP contribution in [0.25, 0.3) is 0 Å². The van der Waals surface area contributed by atoms with Gasteiger partial charge in [-0.15, -0.1) is 0 Å². The van der Waals surface area contributed by atoms with Gasteiger partial charge in [-0.1, -0.05) is 25.0 Å². The second kappa shape index (κ2) is 10.5. The van der Waals surface area contributed by atoms with Gasteiger partial charge in [-0.3, -0.25) is 0 Å². The lowest BCUT2D eigenvalue weighted by atomic mass is 10.1. The molecule has 1 saturated heterocycles. The van der Waals surface area contributed by atoms with Gasteiger partial charge >= 0.3 is 0 Å². The van der Waals surface area contributed by atoms with E-state index < -0.39 is 0 Å². The van der Waals surface area contributed by atoms with E-state index in [1.807, 2.05) is 0 Å². The van der Waals surface area contributed by atoms with Gasteiger partial charge < -0.3 is 20.1 Å². The van der Waals surface area contributed by atoms with E-state index in [0.717, 1.165) is 62.5 Å². The van der Waals surface area contributed by atoms with Crippen molar-refractivity contribution < 1.29 is 9.47 Å². The number of ether oxygens (including phenoxy) is 2. The van der Waals surface area contributed by atoms with E-state index in [-0.39, 0.29) is 0 Å². The van der Waals surface area contributed by atoms with Crippen LogP contribution in [0.1, 0.15) is 50.2 Å². The maximum atomic E-state index is 6.14. The van der Waals surface area contributed by atoms with Gasteiger partial charge in [0.15, 0.2) is 5.96 Å². The van der Waals surface area contributed by atoms with Gasteiger partial charge in [0.2, 0.25) is 0 Å². The number of hydrogen-bond acceptors (Lipinski definition) is 3. The predicted molar refractivity (Wildman–Crippen MR) is 110 cm³/mol. The summed E-state index contributed by atoms with van der Waals surface area (Å²) >= 11 is 0. The fourth-order valence-corrected chi connectivity index (χ4v) is 3.36. The topological polar surface area (TPSA) is 54.9 Å². The normalized spacial score (nSPS) is 19.9. The van der Waals surface area contributed by atoms with Crippen molar-refractivity contribution in [3.05, 3.63) is 29.3 Å². The van der Waals surface area contributed by atoms with Crippen LogP contribution in [0.3, 0.4) is 0 Å². The maximum absolute atomic E-state index is 6.14. The molecule has 5 heteroatoms. The van der Waals surface area contributed by atoms with Crippen LogP contribution in [0.4, 0.5) is 0 Å². The zero-order valence-corrected chi connectivity index (χ0v) is 16.9. The van der Waals surface area contributed by atoms with Crippen molar-refractivity contribution in [2.24, 2.45) is 16.8 Å². The minimum atomic E-state index is 0.507. The Hall–Kier alpha value is -1.75. The highest BCUT2D eigenvalue weighted by molar-refractivity contribution is 5.79. The molecule has 1 aliphatic heterocycles. The summed E-state index contributed by atoms with van der Waals surface area (Å²) in [5.41, 5.74) is 2.35. The molecule has 1 saturated carbocycles. The first-order chi connectivity index (χ1) is 13.2. The lowest BCUT2D eigenvalue weighted by Crippen LogP contribution is -2.37. The Morgan fingerprint density at radius 2 is 2.11 bits per heavy atom.